The molecule has 6 atom stereocenters. The first-order valence-electron chi connectivity index (χ1n) is 48.4. The summed E-state index contributed by atoms with van der Waals surface area (Å²) in [4.78, 5) is 59.0. The Morgan fingerprint density at radius 2 is 0.657 bits per heavy atom. The molecule has 0 aromatic heterocycles. The molecule has 4 N–H and O–H groups in total. The average Bonchev–Trinajstić information content (AvgIpc) is 1.71. The maximum absolute atomic E-state index is 15.0. The van der Waals surface area contributed by atoms with Gasteiger partial charge in [0, 0.05) is 143 Å². The van der Waals surface area contributed by atoms with Gasteiger partial charge in [0.1, 0.15) is 57.9 Å². The van der Waals surface area contributed by atoms with Gasteiger partial charge in [-0.1, -0.05) is 81.7 Å². The third kappa shape index (κ3) is 30.8. The van der Waals surface area contributed by atoms with Crippen molar-refractivity contribution in [1.82, 2.24) is 42.8 Å². The summed E-state index contributed by atoms with van der Waals surface area (Å²) in [5.74, 6) is -4.48. The third-order valence-electron chi connectivity index (χ3n) is 27.4. The van der Waals surface area contributed by atoms with Gasteiger partial charge in [-0.05, 0) is 315 Å². The van der Waals surface area contributed by atoms with E-state index >= 15 is 0 Å². The van der Waals surface area contributed by atoms with Crippen LogP contribution in [0.2, 0.25) is 30.1 Å². The number of rotatable bonds is 34. The second-order valence-electron chi connectivity index (χ2n) is 39.3. The fourth-order valence-electron chi connectivity index (χ4n) is 18.9. The standard InChI is InChI=1S/C26H30ClF2N3O4S.C26H29ClF2N2O4S.2C25H29Cl2FN2O4S/c27-23-11-20(28)7-6-19(23)15-31-8-1-3-17(14-31)16-36-25-13-24(29)22(12-21(25)18-4-5-18)26(33)30-37(34,35)32-9-2-10-32;27-23-10-19(28)6-5-18(23)14-31-9-1-2-16(13-31)15-35-25-12-24(29)22(11-21(25)17-3-4-17)26(32)30-36(33,34)20-7-8-20;2*1-15(18-8-19(26)10-20(27)9-18)30-7-3-4-16(13-30)14-34-24-12-23(28)22(11-21(24)17-5-6-17)25(31)29-35(2,32)33/h6-7,11-13,17-18H,1-5,8-10,14-16H2,(H,30,33);5-6,10-12,16-17,20H,1-4,7-9,13-15H2,(H,30,32);2*8-12,15-17H,3-7,13-14H2,1-2H3,(H,29,31)/t17-;16-;15-,16+;15-,16-/m0010/s1. The molecule has 0 radical (unpaired) electrons. The van der Waals surface area contributed by atoms with Crippen molar-refractivity contribution in [2.24, 2.45) is 23.7 Å². The summed E-state index contributed by atoms with van der Waals surface area (Å²) in [7, 11) is -15.3. The van der Waals surface area contributed by atoms with Gasteiger partial charge in [0.25, 0.3) is 23.6 Å². The van der Waals surface area contributed by atoms with E-state index < -0.39 is 92.4 Å². The minimum Gasteiger partial charge on any atom is -0.493 e. The summed E-state index contributed by atoms with van der Waals surface area (Å²) in [6.07, 6.45) is 18.7. The van der Waals surface area contributed by atoms with Crippen molar-refractivity contribution in [1.29, 1.82) is 0 Å². The Morgan fingerprint density at radius 3 is 0.944 bits per heavy atom. The van der Waals surface area contributed by atoms with Crippen molar-refractivity contribution >= 4 is 134 Å². The van der Waals surface area contributed by atoms with Gasteiger partial charge >= 0.3 is 10.2 Å². The monoisotopic (exact) mass is 2180 g/mol. The summed E-state index contributed by atoms with van der Waals surface area (Å²) in [6.45, 7) is 14.7. The molecule has 0 unspecified atom stereocenters. The van der Waals surface area contributed by atoms with Gasteiger partial charge < -0.3 is 18.9 Å². The zero-order valence-electron chi connectivity index (χ0n) is 79.6. The van der Waals surface area contributed by atoms with E-state index in [0.717, 1.165) is 223 Å². The minimum absolute atomic E-state index is 0.140. The van der Waals surface area contributed by atoms with Crippen molar-refractivity contribution in [2.75, 3.05) is 104 Å². The molecule has 10 aliphatic rings. The second-order valence-corrected chi connectivity index (χ2v) is 49.0. The Bertz CT molecular complexity index is 6300. The Hall–Kier alpha value is -8.24. The van der Waals surface area contributed by atoms with Crippen molar-refractivity contribution in [3.63, 3.8) is 0 Å². The molecular formula is C102H117Cl6F6N9O16S4. The smallest absolute Gasteiger partial charge is 0.304 e. The van der Waals surface area contributed by atoms with Crippen molar-refractivity contribution in [2.45, 2.75) is 190 Å². The topological polar surface area (TPSA) is 306 Å². The fraction of sp³-hybridized carbons (Fsp3) is 0.490. The van der Waals surface area contributed by atoms with Gasteiger partial charge in [-0.15, -0.1) is 0 Å². The molecule has 8 aromatic carbocycles. The van der Waals surface area contributed by atoms with Crippen LogP contribution in [0.4, 0.5) is 26.3 Å². The van der Waals surface area contributed by atoms with Gasteiger partial charge in [0.15, 0.2) is 0 Å². The maximum atomic E-state index is 15.0. The third-order valence-corrected chi connectivity index (χ3v) is 33.4. The highest BCUT2D eigenvalue weighted by molar-refractivity contribution is 7.91. The summed E-state index contributed by atoms with van der Waals surface area (Å²) in [6, 6.07) is 30.9. The quantitative estimate of drug-likeness (QED) is 0.0272. The highest BCUT2D eigenvalue weighted by Crippen LogP contribution is 2.50. The number of ether oxygens (including phenoxy) is 4. The van der Waals surface area contributed by atoms with Gasteiger partial charge in [0.2, 0.25) is 30.1 Å². The molecule has 25 nitrogen and oxygen atoms in total. The normalized spacial score (nSPS) is 20.4. The molecule has 5 aliphatic carbocycles. The van der Waals surface area contributed by atoms with Crippen LogP contribution in [-0.2, 0) is 53.4 Å². The Morgan fingerprint density at radius 1 is 0.357 bits per heavy atom. The van der Waals surface area contributed by atoms with Gasteiger partial charge in [-0.3, -0.25) is 38.8 Å². The minimum atomic E-state index is -3.97. The lowest BCUT2D eigenvalue weighted by atomic mass is 9.95. The van der Waals surface area contributed by atoms with Crippen LogP contribution in [0.1, 0.15) is 258 Å². The van der Waals surface area contributed by atoms with E-state index in [2.05, 4.69) is 33.4 Å². The highest BCUT2D eigenvalue weighted by Gasteiger charge is 2.41. The molecule has 8 aromatic rings. The molecule has 5 aliphatic heterocycles. The first-order chi connectivity index (χ1) is 67.9. The Kier molecular flexibility index (Phi) is 36.2. The van der Waals surface area contributed by atoms with Crippen LogP contribution in [0.25, 0.3) is 0 Å². The average molecular weight is 2180 g/mol. The largest absolute Gasteiger partial charge is 0.493 e. The van der Waals surface area contributed by atoms with Crippen LogP contribution in [-0.4, -0.2) is 191 Å². The number of benzene rings is 8. The van der Waals surface area contributed by atoms with Crippen LogP contribution in [0.15, 0.2) is 121 Å². The van der Waals surface area contributed by atoms with Crippen LogP contribution in [0, 0.1) is 58.6 Å². The van der Waals surface area contributed by atoms with Crippen molar-refractivity contribution < 1.29 is 98.1 Å². The number of likely N-dealkylation sites (tertiary alicyclic amines) is 4. The van der Waals surface area contributed by atoms with E-state index in [0.29, 0.717) is 119 Å². The van der Waals surface area contributed by atoms with Crippen LogP contribution in [0.3, 0.4) is 0 Å². The number of hydrogen-bond acceptors (Lipinski definition) is 20. The van der Waals surface area contributed by atoms with Crippen molar-refractivity contribution in [3.8, 4) is 23.0 Å². The lowest BCUT2D eigenvalue weighted by molar-refractivity contribution is 0.0964. The number of carbonyl (C=O) groups is 4. The molecule has 5 saturated heterocycles. The summed E-state index contributed by atoms with van der Waals surface area (Å²) in [5.41, 5.74) is 5.70. The van der Waals surface area contributed by atoms with E-state index in [1.54, 1.807) is 24.3 Å². The van der Waals surface area contributed by atoms with Crippen LogP contribution in [0.5, 0.6) is 23.0 Å². The van der Waals surface area contributed by atoms with Crippen LogP contribution >= 0.6 is 69.6 Å². The number of nitrogens with zero attached hydrogens (tertiary/aromatic N) is 5. The molecule has 0 spiro atoms. The number of piperidine rings is 4. The number of carbonyl (C=O) groups excluding carboxylic acids is 4. The molecule has 4 amide bonds. The number of sulfonamides is 3. The van der Waals surface area contributed by atoms with Gasteiger partial charge in [-0.25, -0.2) is 70.5 Å². The SMILES string of the molecule is C[C@@H](c1cc(Cl)cc(Cl)c1)N1CCC[C@H](COc2cc(F)c(C(=O)NS(C)(=O)=O)cc2C2CC2)C1.C[C@H](c1cc(Cl)cc(Cl)c1)N1CCC[C@H](COc2cc(F)c(C(=O)NS(C)(=O)=O)cc2C2CC2)C1.O=C(NS(=O)(=O)C1CC1)c1cc(C2CC2)c(OC[C@H]2CCCN(Cc3ccc(F)cc3Cl)C2)cc1F.O=C(NS(=O)(=O)N1CCC1)c1cc(C2CC2)c(OC[C@H]2CCCN(Cc3ccc(F)cc3Cl)C2)cc1F. The number of halogens is 12. The first kappa shape index (κ1) is 109. The van der Waals surface area contributed by atoms with E-state index in [1.807, 2.05) is 43.2 Å². The maximum Gasteiger partial charge on any atom is 0.304 e. The lowest BCUT2D eigenvalue weighted by Gasteiger charge is -2.37. The first-order valence-corrected chi connectivity index (χ1v) is 57.4. The van der Waals surface area contributed by atoms with Gasteiger partial charge in [0.05, 0.1) is 66.4 Å². The Balaban J connectivity index is 0.000000144. The molecule has 774 valence electrons. The molecule has 5 heterocycles. The number of nitrogens with one attached hydrogen (secondary N) is 4. The summed E-state index contributed by atoms with van der Waals surface area (Å²) >= 11 is 37.2. The van der Waals surface area contributed by atoms with E-state index in [9.17, 15) is 79.2 Å². The molecule has 10 fully saturated rings. The van der Waals surface area contributed by atoms with Gasteiger partial charge in [-0.2, -0.15) is 12.7 Å². The Labute approximate surface area is 862 Å². The molecule has 0 bridgehead atoms. The zero-order valence-corrected chi connectivity index (χ0v) is 87.4. The van der Waals surface area contributed by atoms with Crippen LogP contribution < -0.4 is 37.8 Å². The highest BCUT2D eigenvalue weighted by atomic mass is 35.5. The predicted octanol–water partition coefficient (Wildman–Crippen LogP) is 20.6. The fourth-order valence-corrected chi connectivity index (χ4v) is 23.8. The molecule has 18 rings (SSSR count). The number of hydrogen-bond donors (Lipinski definition) is 4. The predicted molar refractivity (Wildman–Crippen MR) is 539 cm³/mol. The van der Waals surface area contributed by atoms with E-state index in [4.69, 9.17) is 88.6 Å². The molecule has 5 saturated carbocycles. The number of amides is 4. The lowest BCUT2D eigenvalue weighted by Crippen LogP contribution is -2.49. The summed E-state index contributed by atoms with van der Waals surface area (Å²) in [5, 5.41) is 2.69. The summed E-state index contributed by atoms with van der Waals surface area (Å²) < 4.78 is 214. The van der Waals surface area contributed by atoms with Crippen molar-refractivity contribution in [3.05, 3.63) is 253 Å². The molecular weight excluding hydrogens is 2060 g/mol. The van der Waals surface area contributed by atoms with E-state index in [-0.39, 0.29) is 93.3 Å². The zero-order chi connectivity index (χ0) is 102. The van der Waals surface area contributed by atoms with E-state index in [1.165, 1.54) is 72.8 Å². The second kappa shape index (κ2) is 47.5. The molecule has 143 heavy (non-hydrogen) atoms. The molecule has 41 heteroatoms.